The molecule has 0 amide bonds. The smallest absolute Gasteiger partial charge is 0.135 e. The standard InChI is InChI=1S/C5H6O2/c1-5-4-6-2-3-7-5/h1-3,5H,4H2. The zero-order chi connectivity index (χ0) is 5.11. The lowest BCUT2D eigenvalue weighted by atomic mass is 10.4. The summed E-state index contributed by atoms with van der Waals surface area (Å²) < 4.78 is 9.50. The molecule has 0 bridgehead atoms. The van der Waals surface area contributed by atoms with Gasteiger partial charge in [-0.1, -0.05) is 0 Å². The van der Waals surface area contributed by atoms with Crippen LogP contribution in [0.5, 0.6) is 0 Å². The molecule has 0 N–H and O–H groups in total. The van der Waals surface area contributed by atoms with Crippen LogP contribution in [0.1, 0.15) is 0 Å². The van der Waals surface area contributed by atoms with Gasteiger partial charge in [-0.25, -0.2) is 0 Å². The zero-order valence-corrected chi connectivity index (χ0v) is 3.83. The minimum atomic E-state index is -0.273. The van der Waals surface area contributed by atoms with Crippen molar-refractivity contribution < 1.29 is 9.47 Å². The van der Waals surface area contributed by atoms with Crippen molar-refractivity contribution in [3.63, 3.8) is 0 Å². The molecule has 0 aromatic rings. The molecule has 1 unspecified atom stereocenters. The summed E-state index contributed by atoms with van der Waals surface area (Å²) in [7, 11) is 0. The Labute approximate surface area is 42.7 Å². The second-order valence-corrected chi connectivity index (χ2v) is 1.28. The molecule has 0 aromatic carbocycles. The Morgan fingerprint density at radius 1 is 1.57 bits per heavy atom. The summed E-state index contributed by atoms with van der Waals surface area (Å²) in [6, 6.07) is 0. The predicted molar refractivity (Wildman–Crippen MR) is 24.3 cm³/mol. The first-order valence-electron chi connectivity index (χ1n) is 2.07. The molecular formula is C5H6O2. The van der Waals surface area contributed by atoms with Gasteiger partial charge in [-0.15, -0.1) is 0 Å². The summed E-state index contributed by atoms with van der Waals surface area (Å²) in [6.45, 7) is 5.69. The molecule has 1 heterocycles. The molecule has 0 saturated carbocycles. The molecule has 0 aromatic heterocycles. The first-order valence-corrected chi connectivity index (χ1v) is 2.07. The van der Waals surface area contributed by atoms with Crippen LogP contribution in [0.15, 0.2) is 12.5 Å². The fourth-order valence-electron chi connectivity index (χ4n) is 0.362. The third-order valence-electron chi connectivity index (χ3n) is 0.666. The van der Waals surface area contributed by atoms with Crippen LogP contribution in [0.2, 0.25) is 0 Å². The van der Waals surface area contributed by atoms with Gasteiger partial charge in [0.2, 0.25) is 0 Å². The predicted octanol–water partition coefficient (Wildman–Crippen LogP) is 0.584. The molecule has 1 aliphatic rings. The third kappa shape index (κ3) is 1.11. The van der Waals surface area contributed by atoms with Crippen LogP contribution < -0.4 is 0 Å². The molecular weight excluding hydrogens is 92.1 g/mol. The van der Waals surface area contributed by atoms with Gasteiger partial charge in [0.1, 0.15) is 25.2 Å². The fraction of sp³-hybridized carbons (Fsp3) is 0.400. The van der Waals surface area contributed by atoms with Crippen LogP contribution in [0.3, 0.4) is 0 Å². The maximum absolute atomic E-state index is 5.24. The van der Waals surface area contributed by atoms with Crippen molar-refractivity contribution in [1.29, 1.82) is 0 Å². The van der Waals surface area contributed by atoms with Gasteiger partial charge >= 0.3 is 0 Å². The Balaban J connectivity index is 2.32. The van der Waals surface area contributed by atoms with E-state index >= 15 is 0 Å². The summed E-state index contributed by atoms with van der Waals surface area (Å²) >= 11 is 0. The van der Waals surface area contributed by atoms with E-state index in [9.17, 15) is 0 Å². The highest BCUT2D eigenvalue weighted by Gasteiger charge is 2.02. The number of hydrogen-bond acceptors (Lipinski definition) is 2. The molecule has 7 heavy (non-hydrogen) atoms. The van der Waals surface area contributed by atoms with Gasteiger partial charge in [0, 0.05) is 6.92 Å². The SMILES string of the molecule is [CH]C1COC=CO1. The van der Waals surface area contributed by atoms with E-state index in [-0.39, 0.29) is 6.10 Å². The lowest BCUT2D eigenvalue weighted by Gasteiger charge is -2.13. The highest BCUT2D eigenvalue weighted by atomic mass is 16.6. The minimum Gasteiger partial charge on any atom is -0.494 e. The van der Waals surface area contributed by atoms with Crippen LogP contribution in [0.4, 0.5) is 0 Å². The maximum Gasteiger partial charge on any atom is 0.135 e. The van der Waals surface area contributed by atoms with Gasteiger partial charge in [-0.2, -0.15) is 0 Å². The van der Waals surface area contributed by atoms with Crippen molar-refractivity contribution in [2.75, 3.05) is 6.61 Å². The molecule has 2 heteroatoms. The Hall–Kier alpha value is -0.660. The van der Waals surface area contributed by atoms with Crippen LogP contribution in [-0.4, -0.2) is 12.7 Å². The van der Waals surface area contributed by atoms with Crippen molar-refractivity contribution in [2.24, 2.45) is 0 Å². The van der Waals surface area contributed by atoms with E-state index in [0.717, 1.165) is 0 Å². The highest BCUT2D eigenvalue weighted by Crippen LogP contribution is 1.97. The second-order valence-electron chi connectivity index (χ2n) is 1.28. The number of ether oxygens (including phenoxy) is 2. The summed E-state index contributed by atoms with van der Waals surface area (Å²) in [5, 5.41) is 0. The van der Waals surface area contributed by atoms with Gasteiger partial charge in [0.15, 0.2) is 0 Å². The summed E-state index contributed by atoms with van der Waals surface area (Å²) in [5.74, 6) is 0. The molecule has 38 valence electrons. The van der Waals surface area contributed by atoms with Gasteiger partial charge in [0.05, 0.1) is 0 Å². The normalized spacial score (nSPS) is 28.4. The van der Waals surface area contributed by atoms with Crippen molar-refractivity contribution in [2.45, 2.75) is 6.10 Å². The number of hydrogen-bond donors (Lipinski definition) is 0. The van der Waals surface area contributed by atoms with Gasteiger partial charge in [-0.3, -0.25) is 0 Å². The Kier molecular flexibility index (Phi) is 1.20. The van der Waals surface area contributed by atoms with E-state index in [0.29, 0.717) is 6.61 Å². The lowest BCUT2D eigenvalue weighted by molar-refractivity contribution is 0.0605. The molecule has 2 nitrogen and oxygen atoms in total. The molecule has 0 saturated heterocycles. The average molecular weight is 98.1 g/mol. The lowest BCUT2D eigenvalue weighted by Crippen LogP contribution is -2.14. The molecule has 0 aliphatic carbocycles. The Morgan fingerprint density at radius 2 is 2.43 bits per heavy atom. The van der Waals surface area contributed by atoms with Gasteiger partial charge in [0.25, 0.3) is 0 Å². The Morgan fingerprint density at radius 3 is 2.71 bits per heavy atom. The maximum atomic E-state index is 5.24. The quantitative estimate of drug-likeness (QED) is 0.441. The molecule has 0 fully saturated rings. The van der Waals surface area contributed by atoms with Gasteiger partial charge in [-0.05, 0) is 0 Å². The molecule has 1 aliphatic heterocycles. The van der Waals surface area contributed by atoms with E-state index in [2.05, 4.69) is 0 Å². The summed E-state index contributed by atoms with van der Waals surface area (Å²) in [6.07, 6.45) is 2.64. The topological polar surface area (TPSA) is 18.5 Å². The van der Waals surface area contributed by atoms with Crippen molar-refractivity contribution in [1.82, 2.24) is 0 Å². The first-order chi connectivity index (χ1) is 3.39. The largest absolute Gasteiger partial charge is 0.494 e. The van der Waals surface area contributed by atoms with Crippen LogP contribution in [0.25, 0.3) is 0 Å². The summed E-state index contributed by atoms with van der Waals surface area (Å²) in [4.78, 5) is 0. The van der Waals surface area contributed by atoms with E-state index in [1.54, 1.807) is 0 Å². The molecule has 2 radical (unpaired) electrons. The first kappa shape index (κ1) is 4.50. The minimum absolute atomic E-state index is 0.273. The van der Waals surface area contributed by atoms with E-state index in [4.69, 9.17) is 16.4 Å². The zero-order valence-electron chi connectivity index (χ0n) is 3.83. The van der Waals surface area contributed by atoms with E-state index < -0.39 is 0 Å². The second kappa shape index (κ2) is 1.87. The molecule has 0 spiro atoms. The Bertz CT molecular complexity index is 78.1. The number of rotatable bonds is 0. The van der Waals surface area contributed by atoms with Crippen molar-refractivity contribution >= 4 is 0 Å². The van der Waals surface area contributed by atoms with Crippen LogP contribution >= 0.6 is 0 Å². The monoisotopic (exact) mass is 98.0 g/mol. The molecule has 1 atom stereocenters. The van der Waals surface area contributed by atoms with Crippen LogP contribution in [0, 0.1) is 6.92 Å². The fourth-order valence-corrected chi connectivity index (χ4v) is 0.362. The van der Waals surface area contributed by atoms with Crippen LogP contribution in [-0.2, 0) is 9.47 Å². The highest BCUT2D eigenvalue weighted by molar-refractivity contribution is 4.73. The average Bonchev–Trinajstić information content (AvgIpc) is 1.69. The summed E-state index contributed by atoms with van der Waals surface area (Å²) in [5.41, 5.74) is 0. The third-order valence-corrected chi connectivity index (χ3v) is 0.666. The van der Waals surface area contributed by atoms with Crippen molar-refractivity contribution in [3.05, 3.63) is 19.4 Å². The van der Waals surface area contributed by atoms with E-state index in [1.807, 2.05) is 0 Å². The van der Waals surface area contributed by atoms with Gasteiger partial charge < -0.3 is 9.47 Å². The van der Waals surface area contributed by atoms with E-state index in [1.165, 1.54) is 12.5 Å². The van der Waals surface area contributed by atoms with Crippen molar-refractivity contribution in [3.8, 4) is 0 Å². The molecule has 1 rings (SSSR count).